The smallest absolute Gasteiger partial charge is 0.417 e. The zero-order chi connectivity index (χ0) is 14.8. The maximum Gasteiger partial charge on any atom is 0.417 e. The quantitative estimate of drug-likeness (QED) is 0.810. The van der Waals surface area contributed by atoms with Gasteiger partial charge in [0.15, 0.2) is 11.7 Å². The molecule has 0 N–H and O–H groups in total. The molecule has 0 aliphatic carbocycles. The molecule has 0 aliphatic rings. The summed E-state index contributed by atoms with van der Waals surface area (Å²) in [6.07, 6.45) is -2.66. The van der Waals surface area contributed by atoms with Crippen molar-refractivity contribution in [2.75, 3.05) is 0 Å². The van der Waals surface area contributed by atoms with Gasteiger partial charge in [0, 0.05) is 6.20 Å². The van der Waals surface area contributed by atoms with Crippen LogP contribution in [-0.2, 0) is 6.18 Å². The lowest BCUT2D eigenvalue weighted by Crippen LogP contribution is -2.13. The number of nitrogens with zero attached hydrogens (tertiary/aromatic N) is 2. The molecule has 1 unspecified atom stereocenters. The molecule has 4 nitrogen and oxygen atoms in total. The van der Waals surface area contributed by atoms with Gasteiger partial charge in [-0.15, -0.1) is 0 Å². The van der Waals surface area contributed by atoms with Crippen molar-refractivity contribution in [2.45, 2.75) is 12.1 Å². The van der Waals surface area contributed by atoms with Crippen molar-refractivity contribution < 1.29 is 22.4 Å². The van der Waals surface area contributed by atoms with Crippen LogP contribution in [0.4, 0.5) is 13.2 Å². The van der Waals surface area contributed by atoms with Crippen molar-refractivity contribution in [3.8, 4) is 6.07 Å². The van der Waals surface area contributed by atoms with Gasteiger partial charge in [-0.3, -0.25) is 9.78 Å². The van der Waals surface area contributed by atoms with E-state index in [1.165, 1.54) is 18.4 Å². The third-order valence-electron chi connectivity index (χ3n) is 2.56. The van der Waals surface area contributed by atoms with E-state index in [4.69, 9.17) is 9.68 Å². The average molecular weight is 280 g/mol. The SMILES string of the molecule is N#CC(C(=O)c1ccco1)c1ccc(C(F)(F)F)cn1. The predicted octanol–water partition coefficient (Wildman–Crippen LogP) is 3.18. The van der Waals surface area contributed by atoms with E-state index >= 15 is 0 Å². The first kappa shape index (κ1) is 13.8. The highest BCUT2D eigenvalue weighted by Crippen LogP contribution is 2.29. The first-order chi connectivity index (χ1) is 9.43. The molecule has 2 rings (SSSR count). The highest BCUT2D eigenvalue weighted by Gasteiger charge is 2.32. The fraction of sp³-hybridized carbons (Fsp3) is 0.154. The Hall–Kier alpha value is -2.62. The minimum atomic E-state index is -4.52. The summed E-state index contributed by atoms with van der Waals surface area (Å²) in [4.78, 5) is 15.5. The van der Waals surface area contributed by atoms with Gasteiger partial charge in [0.1, 0.15) is 0 Å². The molecule has 0 aliphatic heterocycles. The summed E-state index contributed by atoms with van der Waals surface area (Å²) in [5.74, 6) is -1.99. The molecular weight excluding hydrogens is 273 g/mol. The predicted molar refractivity (Wildman–Crippen MR) is 60.6 cm³/mol. The summed E-state index contributed by atoms with van der Waals surface area (Å²) in [6.45, 7) is 0. The Morgan fingerprint density at radius 3 is 2.55 bits per heavy atom. The molecule has 102 valence electrons. The number of halogens is 3. The van der Waals surface area contributed by atoms with E-state index in [0.29, 0.717) is 6.20 Å². The minimum Gasteiger partial charge on any atom is -0.461 e. The van der Waals surface area contributed by atoms with Gasteiger partial charge in [-0.05, 0) is 24.3 Å². The molecule has 0 aromatic carbocycles. The van der Waals surface area contributed by atoms with Crippen LogP contribution in [-0.4, -0.2) is 10.8 Å². The van der Waals surface area contributed by atoms with E-state index in [-0.39, 0.29) is 11.5 Å². The molecule has 2 heterocycles. The van der Waals surface area contributed by atoms with Crippen LogP contribution < -0.4 is 0 Å². The molecule has 0 saturated carbocycles. The van der Waals surface area contributed by atoms with E-state index < -0.39 is 23.4 Å². The van der Waals surface area contributed by atoms with Crippen LogP contribution in [0.25, 0.3) is 0 Å². The van der Waals surface area contributed by atoms with E-state index in [2.05, 4.69) is 4.98 Å². The summed E-state index contributed by atoms with van der Waals surface area (Å²) >= 11 is 0. The number of hydrogen-bond acceptors (Lipinski definition) is 4. The van der Waals surface area contributed by atoms with Crippen LogP contribution in [0.5, 0.6) is 0 Å². The van der Waals surface area contributed by atoms with Gasteiger partial charge < -0.3 is 4.42 Å². The number of pyridine rings is 1. The molecule has 7 heteroatoms. The third kappa shape index (κ3) is 2.69. The first-order valence-electron chi connectivity index (χ1n) is 5.44. The molecule has 20 heavy (non-hydrogen) atoms. The van der Waals surface area contributed by atoms with Gasteiger partial charge >= 0.3 is 6.18 Å². The Balaban J connectivity index is 2.30. The van der Waals surface area contributed by atoms with Crippen LogP contribution >= 0.6 is 0 Å². The Labute approximate surface area is 111 Å². The van der Waals surface area contributed by atoms with Crippen LogP contribution in [0.15, 0.2) is 41.1 Å². The summed E-state index contributed by atoms with van der Waals surface area (Å²) < 4.78 is 42.1. The van der Waals surface area contributed by atoms with Gasteiger partial charge in [-0.25, -0.2) is 0 Å². The molecule has 0 radical (unpaired) electrons. The van der Waals surface area contributed by atoms with Crippen LogP contribution in [0, 0.1) is 11.3 Å². The Morgan fingerprint density at radius 1 is 1.35 bits per heavy atom. The number of carbonyl (C=O) groups excluding carboxylic acids is 1. The minimum absolute atomic E-state index is 0.0433. The van der Waals surface area contributed by atoms with Crippen LogP contribution in [0.3, 0.4) is 0 Å². The van der Waals surface area contributed by atoms with Crippen molar-refractivity contribution in [3.05, 3.63) is 53.7 Å². The molecule has 2 aromatic rings. The first-order valence-corrected chi connectivity index (χ1v) is 5.44. The van der Waals surface area contributed by atoms with E-state index in [1.54, 1.807) is 6.07 Å². The highest BCUT2D eigenvalue weighted by atomic mass is 19.4. The van der Waals surface area contributed by atoms with Gasteiger partial charge in [0.05, 0.1) is 23.6 Å². The monoisotopic (exact) mass is 280 g/mol. The number of aromatic nitrogens is 1. The number of rotatable bonds is 3. The number of carbonyl (C=O) groups is 1. The topological polar surface area (TPSA) is 66.9 Å². The molecule has 0 bridgehead atoms. The number of ketones is 1. The Bertz CT molecular complexity index is 640. The zero-order valence-electron chi connectivity index (χ0n) is 9.89. The third-order valence-corrected chi connectivity index (χ3v) is 2.56. The second kappa shape index (κ2) is 5.17. The number of hydrogen-bond donors (Lipinski definition) is 0. The van der Waals surface area contributed by atoms with E-state index in [0.717, 1.165) is 12.1 Å². The fourth-order valence-electron chi connectivity index (χ4n) is 1.56. The van der Waals surface area contributed by atoms with Crippen molar-refractivity contribution in [1.82, 2.24) is 4.98 Å². The summed E-state index contributed by atoms with van der Waals surface area (Å²) in [7, 11) is 0. The van der Waals surface area contributed by atoms with Crippen LogP contribution in [0.2, 0.25) is 0 Å². The lowest BCUT2D eigenvalue weighted by Gasteiger charge is -2.09. The molecule has 0 spiro atoms. The second-order valence-electron chi connectivity index (χ2n) is 3.87. The second-order valence-corrected chi connectivity index (χ2v) is 3.87. The molecule has 1 atom stereocenters. The van der Waals surface area contributed by atoms with Crippen molar-refractivity contribution in [3.63, 3.8) is 0 Å². The van der Waals surface area contributed by atoms with Crippen LogP contribution in [0.1, 0.15) is 27.7 Å². The van der Waals surface area contributed by atoms with Crippen molar-refractivity contribution in [1.29, 1.82) is 5.26 Å². The Kier molecular flexibility index (Phi) is 3.57. The Morgan fingerprint density at radius 2 is 2.10 bits per heavy atom. The number of nitriles is 1. The van der Waals surface area contributed by atoms with Crippen molar-refractivity contribution in [2.24, 2.45) is 0 Å². The summed E-state index contributed by atoms with van der Waals surface area (Å²) in [6, 6.07) is 6.35. The maximum atomic E-state index is 12.4. The van der Waals surface area contributed by atoms with Gasteiger partial charge in [0.2, 0.25) is 5.78 Å². The summed E-state index contributed by atoms with van der Waals surface area (Å²) in [5.41, 5.74) is -0.995. The lowest BCUT2D eigenvalue weighted by atomic mass is 9.99. The largest absolute Gasteiger partial charge is 0.461 e. The van der Waals surface area contributed by atoms with E-state index in [1.807, 2.05) is 0 Å². The molecule has 0 fully saturated rings. The number of alkyl halides is 3. The lowest BCUT2D eigenvalue weighted by molar-refractivity contribution is -0.137. The zero-order valence-corrected chi connectivity index (χ0v) is 9.89. The molecular formula is C13H7F3N2O2. The number of Topliss-reactive ketones (excluding diaryl/α,β-unsaturated/α-hetero) is 1. The molecule has 2 aromatic heterocycles. The fourth-order valence-corrected chi connectivity index (χ4v) is 1.56. The van der Waals surface area contributed by atoms with Gasteiger partial charge in [-0.2, -0.15) is 18.4 Å². The average Bonchev–Trinajstić information content (AvgIpc) is 2.93. The summed E-state index contributed by atoms with van der Waals surface area (Å²) in [5, 5.41) is 9.00. The van der Waals surface area contributed by atoms with E-state index in [9.17, 15) is 18.0 Å². The van der Waals surface area contributed by atoms with Crippen molar-refractivity contribution >= 4 is 5.78 Å². The number of furan rings is 1. The molecule has 0 amide bonds. The molecule has 0 saturated heterocycles. The highest BCUT2D eigenvalue weighted by molar-refractivity contribution is 6.00. The normalized spacial score (nSPS) is 12.7. The maximum absolute atomic E-state index is 12.4. The van der Waals surface area contributed by atoms with Gasteiger partial charge in [-0.1, -0.05) is 0 Å². The van der Waals surface area contributed by atoms with Gasteiger partial charge in [0.25, 0.3) is 0 Å². The standard InChI is InChI=1S/C13H7F3N2O2/c14-13(15,16)8-3-4-10(18-7-8)9(6-17)12(19)11-2-1-5-20-11/h1-5,7,9H.